The van der Waals surface area contributed by atoms with Crippen LogP contribution in [0.4, 0.5) is 0 Å². The number of nitrogens with two attached hydrogens (primary N) is 1. The number of esters is 2. The Morgan fingerprint density at radius 3 is 2.64 bits per heavy atom. The lowest BCUT2D eigenvalue weighted by Crippen LogP contribution is -2.69. The number of rotatable bonds is 2. The number of nitriles is 1. The van der Waals surface area contributed by atoms with Crippen molar-refractivity contribution >= 4 is 23.7 Å². The molecule has 44 heavy (non-hydrogen) atoms. The topological polar surface area (TPSA) is 157 Å². The summed E-state index contributed by atoms with van der Waals surface area (Å²) in [5.41, 5.74) is 10.8. The molecule has 0 saturated carbocycles. The van der Waals surface area contributed by atoms with Gasteiger partial charge in [0.1, 0.15) is 24.4 Å². The first-order valence-electron chi connectivity index (χ1n) is 14.5. The predicted molar refractivity (Wildman–Crippen MR) is 158 cm³/mol. The van der Waals surface area contributed by atoms with Gasteiger partial charge in [-0.1, -0.05) is 6.07 Å². The number of phenolic OH excluding ortho intramolecular Hbond substituents is 1. The Morgan fingerprint density at radius 2 is 1.93 bits per heavy atom. The highest BCUT2D eigenvalue weighted by atomic mass is 32.2. The molecule has 2 aromatic carbocycles. The van der Waals surface area contributed by atoms with Crippen molar-refractivity contribution in [1.82, 2.24) is 9.80 Å². The van der Waals surface area contributed by atoms with Crippen LogP contribution < -0.4 is 24.7 Å². The number of fused-ring (bicyclic) bond motifs is 9. The summed E-state index contributed by atoms with van der Waals surface area (Å²) in [6.45, 7) is 4.93. The van der Waals surface area contributed by atoms with E-state index in [2.05, 4.69) is 15.9 Å². The van der Waals surface area contributed by atoms with Crippen LogP contribution in [-0.2, 0) is 20.7 Å². The minimum absolute atomic E-state index is 0.0270. The average molecular weight is 623 g/mol. The van der Waals surface area contributed by atoms with E-state index < -0.39 is 47.4 Å². The molecule has 3 N–H and O–H groups in total. The molecular weight excluding hydrogens is 588 g/mol. The first-order chi connectivity index (χ1) is 21.1. The van der Waals surface area contributed by atoms with Crippen LogP contribution in [0.25, 0.3) is 0 Å². The number of likely N-dealkylation sites (N-methyl/N-ethyl adjacent to an activating group) is 1. The molecule has 13 heteroatoms. The molecule has 4 bridgehead atoms. The van der Waals surface area contributed by atoms with Crippen LogP contribution in [0.5, 0.6) is 28.7 Å². The zero-order valence-electron chi connectivity index (χ0n) is 25.1. The van der Waals surface area contributed by atoms with E-state index in [0.717, 1.165) is 22.3 Å². The smallest absolute Gasteiger partial charge is 0.323 e. The molecule has 0 aromatic heterocycles. The maximum atomic E-state index is 13.0. The second kappa shape index (κ2) is 10.4. The van der Waals surface area contributed by atoms with Crippen molar-refractivity contribution in [1.29, 1.82) is 5.26 Å². The van der Waals surface area contributed by atoms with Crippen LogP contribution >= 0.6 is 11.8 Å². The number of phenols is 1. The molecule has 7 atom stereocenters. The largest absolute Gasteiger partial charge is 0.504 e. The van der Waals surface area contributed by atoms with E-state index in [1.807, 2.05) is 27.0 Å². The number of nitrogens with zero attached hydrogens (tertiary/aromatic N) is 3. The van der Waals surface area contributed by atoms with E-state index in [4.69, 9.17) is 29.4 Å². The fraction of sp³-hybridized carbons (Fsp3) is 0.516. The van der Waals surface area contributed by atoms with Crippen LogP contribution in [0, 0.1) is 25.2 Å². The number of benzene rings is 2. The van der Waals surface area contributed by atoms with E-state index in [1.165, 1.54) is 25.8 Å². The number of ether oxygens (including phenoxy) is 5. The summed E-state index contributed by atoms with van der Waals surface area (Å²) < 4.78 is 29.4. The van der Waals surface area contributed by atoms with Gasteiger partial charge >= 0.3 is 11.9 Å². The maximum Gasteiger partial charge on any atom is 0.323 e. The van der Waals surface area contributed by atoms with E-state index >= 15 is 0 Å². The van der Waals surface area contributed by atoms with Crippen LogP contribution in [0.1, 0.15) is 57.6 Å². The Morgan fingerprint density at radius 1 is 1.18 bits per heavy atom. The van der Waals surface area contributed by atoms with Gasteiger partial charge in [-0.2, -0.15) is 5.26 Å². The second-order valence-corrected chi connectivity index (χ2v) is 13.2. The van der Waals surface area contributed by atoms with Crippen molar-refractivity contribution < 1.29 is 38.4 Å². The number of hydrogen-bond acceptors (Lipinski definition) is 13. The molecule has 5 heterocycles. The molecule has 2 aromatic rings. The molecule has 2 fully saturated rings. The quantitative estimate of drug-likeness (QED) is 0.372. The Bertz CT molecular complexity index is 1640. The minimum atomic E-state index is -0.890. The third-order valence-electron chi connectivity index (χ3n) is 9.69. The Labute approximate surface area is 258 Å². The van der Waals surface area contributed by atoms with Gasteiger partial charge in [-0.3, -0.25) is 19.4 Å². The number of aryl methyl sites for hydroxylation is 1. The summed E-state index contributed by atoms with van der Waals surface area (Å²) in [6.07, 6.45) is 0.522. The molecule has 0 spiro atoms. The van der Waals surface area contributed by atoms with Crippen molar-refractivity contribution in [3.05, 3.63) is 39.4 Å². The molecular formula is C31H34N4O8S. The Kier molecular flexibility index (Phi) is 6.89. The summed E-state index contributed by atoms with van der Waals surface area (Å²) in [5, 5.41) is 22.1. The summed E-state index contributed by atoms with van der Waals surface area (Å²) in [5.74, 6) is 0.953. The Hall–Kier alpha value is -3.70. The van der Waals surface area contributed by atoms with Crippen LogP contribution in [0.15, 0.2) is 6.07 Å². The SMILES string of the molecule is COc1c(C)cc2c(c1O)C1[C@@H]3[C@@H]4SC[C@H](N)C(=O)OC[C@@H](c5c6c(c(C)c(OC(C)=O)c54)OCO6)N3[C@@H](C#N)[C@H](C2)N1C. The average Bonchev–Trinajstić information content (AvgIpc) is 3.47. The van der Waals surface area contributed by atoms with Gasteiger partial charge in [-0.15, -0.1) is 11.8 Å². The lowest BCUT2D eigenvalue weighted by Gasteiger charge is -2.61. The lowest BCUT2D eigenvalue weighted by molar-refractivity contribution is -0.150. The predicted octanol–water partition coefficient (Wildman–Crippen LogP) is 2.56. The number of piperazine rings is 1. The molecule has 12 nitrogen and oxygen atoms in total. The molecule has 0 amide bonds. The normalized spacial score (nSPS) is 30.4. The maximum absolute atomic E-state index is 13.0. The molecule has 232 valence electrons. The monoisotopic (exact) mass is 622 g/mol. The number of cyclic esters (lactones) is 1. The van der Waals surface area contributed by atoms with Crippen LogP contribution in [0.2, 0.25) is 0 Å². The van der Waals surface area contributed by atoms with E-state index in [-0.39, 0.29) is 30.9 Å². The standard InChI is InChI=1S/C31H34N4O8S/c1-12-6-15-7-17-18(8-32)35-19-9-40-31(38)16(33)10-44-30(24(35)23(34(17)4)20(15)25(37)26(12)39-5)22-21(19)29-28(41-11-42-29)13(2)27(22)43-14(3)36/h6,16-19,23-24,30,37H,7,9-11,33H2,1-5H3/t16-,17-,18-,19-,23?,24+,30+/m0/s1. The fourth-order valence-corrected chi connectivity index (χ4v) is 9.42. The summed E-state index contributed by atoms with van der Waals surface area (Å²) >= 11 is 1.44. The number of hydrogen-bond donors (Lipinski definition) is 2. The van der Waals surface area contributed by atoms with E-state index in [9.17, 15) is 20.0 Å². The highest BCUT2D eigenvalue weighted by Crippen LogP contribution is 2.64. The van der Waals surface area contributed by atoms with E-state index in [1.54, 1.807) is 0 Å². The molecule has 2 saturated heterocycles. The zero-order chi connectivity index (χ0) is 31.2. The zero-order valence-corrected chi connectivity index (χ0v) is 25.9. The van der Waals surface area contributed by atoms with Crippen molar-refractivity contribution in [2.45, 2.75) is 68.7 Å². The summed E-state index contributed by atoms with van der Waals surface area (Å²) in [7, 11) is 3.51. The highest BCUT2D eigenvalue weighted by Gasteiger charge is 2.60. The molecule has 5 aliphatic heterocycles. The Balaban J connectivity index is 1.56. The van der Waals surface area contributed by atoms with Crippen molar-refractivity contribution in [3.8, 4) is 34.8 Å². The summed E-state index contributed by atoms with van der Waals surface area (Å²) in [4.78, 5) is 29.8. The minimum Gasteiger partial charge on any atom is -0.504 e. The van der Waals surface area contributed by atoms with Gasteiger partial charge in [0.15, 0.2) is 23.0 Å². The second-order valence-electron chi connectivity index (χ2n) is 12.0. The first kappa shape index (κ1) is 29.0. The van der Waals surface area contributed by atoms with Crippen molar-refractivity contribution in [2.24, 2.45) is 5.73 Å². The van der Waals surface area contributed by atoms with Crippen molar-refractivity contribution in [3.63, 3.8) is 0 Å². The van der Waals surface area contributed by atoms with Gasteiger partial charge in [0.05, 0.1) is 30.5 Å². The fourth-order valence-electron chi connectivity index (χ4n) is 7.98. The van der Waals surface area contributed by atoms with Crippen LogP contribution in [0.3, 0.4) is 0 Å². The van der Waals surface area contributed by atoms with Gasteiger partial charge in [0.2, 0.25) is 6.79 Å². The number of aromatic hydroxyl groups is 1. The number of methoxy groups -OCH3 is 1. The van der Waals surface area contributed by atoms with Gasteiger partial charge in [-0.25, -0.2) is 0 Å². The highest BCUT2D eigenvalue weighted by molar-refractivity contribution is 7.99. The van der Waals surface area contributed by atoms with Crippen molar-refractivity contribution in [2.75, 3.05) is 33.3 Å². The van der Waals surface area contributed by atoms with Gasteiger partial charge < -0.3 is 34.5 Å². The molecule has 5 aliphatic rings. The van der Waals surface area contributed by atoms with Gasteiger partial charge in [0, 0.05) is 47.0 Å². The van der Waals surface area contributed by atoms with Gasteiger partial charge in [0.25, 0.3) is 0 Å². The van der Waals surface area contributed by atoms with Gasteiger partial charge in [-0.05, 0) is 38.4 Å². The lowest BCUT2D eigenvalue weighted by atomic mass is 9.71. The number of carbonyl (C=O) groups is 2. The summed E-state index contributed by atoms with van der Waals surface area (Å²) in [6, 6.07) is 1.36. The molecule has 0 radical (unpaired) electrons. The first-order valence-corrected chi connectivity index (χ1v) is 15.6. The third-order valence-corrected chi connectivity index (χ3v) is 11.1. The molecule has 1 unspecified atom stereocenters. The third kappa shape index (κ3) is 3.94. The number of carbonyl (C=O) groups excluding carboxylic acids is 2. The number of thioether (sulfide) groups is 1. The van der Waals surface area contributed by atoms with E-state index in [0.29, 0.717) is 40.5 Å². The molecule has 7 rings (SSSR count). The molecule has 0 aliphatic carbocycles. The van der Waals surface area contributed by atoms with Crippen LogP contribution in [-0.4, -0.2) is 84.3 Å².